The zero-order chi connectivity index (χ0) is 21.0. The van der Waals surface area contributed by atoms with E-state index in [1.165, 1.54) is 0 Å². The smallest absolute Gasteiger partial charge is 0.407 e. The molecule has 1 atom stereocenters. The topological polar surface area (TPSA) is 84.9 Å². The van der Waals surface area contributed by atoms with Gasteiger partial charge in [0.25, 0.3) is 0 Å². The summed E-state index contributed by atoms with van der Waals surface area (Å²) in [6.45, 7) is 3.88. The van der Waals surface area contributed by atoms with Crippen LogP contribution < -0.4 is 5.32 Å². The standard InChI is InChI=1S/C23H27NO5/c1-23(2,28-3)13-15(12-21(25)26)24-22(27)29-14-20-18-10-6-4-8-16(18)17-9-5-7-11-19(17)20/h4-11,15,20H,12-14H2,1-3H3,(H,24,27)(H,25,26). The van der Waals surface area contributed by atoms with Gasteiger partial charge in [-0.3, -0.25) is 4.79 Å². The fourth-order valence-corrected chi connectivity index (χ4v) is 3.87. The van der Waals surface area contributed by atoms with E-state index in [-0.39, 0.29) is 18.9 Å². The van der Waals surface area contributed by atoms with Crippen molar-refractivity contribution in [2.75, 3.05) is 13.7 Å². The zero-order valence-corrected chi connectivity index (χ0v) is 17.0. The van der Waals surface area contributed by atoms with Crippen molar-refractivity contribution < 1.29 is 24.2 Å². The van der Waals surface area contributed by atoms with Gasteiger partial charge in [0.05, 0.1) is 12.0 Å². The molecule has 0 bridgehead atoms. The van der Waals surface area contributed by atoms with Gasteiger partial charge in [-0.15, -0.1) is 0 Å². The average molecular weight is 397 g/mol. The van der Waals surface area contributed by atoms with Gasteiger partial charge in [0.15, 0.2) is 0 Å². The Balaban J connectivity index is 1.67. The van der Waals surface area contributed by atoms with Crippen LogP contribution in [0.5, 0.6) is 0 Å². The molecule has 0 aliphatic heterocycles. The van der Waals surface area contributed by atoms with Crippen LogP contribution >= 0.6 is 0 Å². The van der Waals surface area contributed by atoms with E-state index in [1.54, 1.807) is 7.11 Å². The largest absolute Gasteiger partial charge is 0.481 e. The van der Waals surface area contributed by atoms with Crippen molar-refractivity contribution >= 4 is 12.1 Å². The highest BCUT2D eigenvalue weighted by molar-refractivity contribution is 5.79. The number of nitrogens with one attached hydrogen (secondary N) is 1. The second-order valence-electron chi connectivity index (χ2n) is 7.93. The van der Waals surface area contributed by atoms with Crippen molar-refractivity contribution in [1.82, 2.24) is 5.32 Å². The molecule has 0 radical (unpaired) electrons. The summed E-state index contributed by atoms with van der Waals surface area (Å²) < 4.78 is 10.9. The number of carboxylic acids is 1. The molecule has 1 aliphatic rings. The molecular formula is C23H27NO5. The summed E-state index contributed by atoms with van der Waals surface area (Å²) in [6, 6.07) is 15.6. The minimum absolute atomic E-state index is 0.0403. The molecule has 6 heteroatoms. The molecule has 0 aromatic heterocycles. The molecule has 3 rings (SSSR count). The molecule has 2 N–H and O–H groups in total. The van der Waals surface area contributed by atoms with Gasteiger partial charge in [0.1, 0.15) is 6.61 Å². The highest BCUT2D eigenvalue weighted by atomic mass is 16.5. The number of amides is 1. The third-order valence-electron chi connectivity index (χ3n) is 5.38. The van der Waals surface area contributed by atoms with Crippen LogP contribution in [0.15, 0.2) is 48.5 Å². The van der Waals surface area contributed by atoms with E-state index in [0.29, 0.717) is 6.42 Å². The third-order valence-corrected chi connectivity index (χ3v) is 5.38. The van der Waals surface area contributed by atoms with Gasteiger partial charge in [-0.25, -0.2) is 4.79 Å². The molecule has 0 saturated carbocycles. The van der Waals surface area contributed by atoms with Crippen LogP contribution in [-0.2, 0) is 14.3 Å². The quantitative estimate of drug-likeness (QED) is 0.698. The average Bonchev–Trinajstić information content (AvgIpc) is 2.99. The number of carboxylic acid groups (broad SMARTS) is 1. The Morgan fingerprint density at radius 2 is 1.62 bits per heavy atom. The van der Waals surface area contributed by atoms with Crippen molar-refractivity contribution in [2.24, 2.45) is 0 Å². The Morgan fingerprint density at radius 1 is 1.07 bits per heavy atom. The summed E-state index contributed by atoms with van der Waals surface area (Å²) in [7, 11) is 1.56. The van der Waals surface area contributed by atoms with Crippen molar-refractivity contribution in [3.8, 4) is 11.1 Å². The molecular weight excluding hydrogens is 370 g/mol. The summed E-state index contributed by atoms with van der Waals surface area (Å²) >= 11 is 0. The summed E-state index contributed by atoms with van der Waals surface area (Å²) in [5, 5.41) is 11.8. The lowest BCUT2D eigenvalue weighted by molar-refractivity contribution is -0.137. The summed E-state index contributed by atoms with van der Waals surface area (Å²) in [5.74, 6) is -1.03. The second kappa shape index (κ2) is 8.66. The Kier molecular flexibility index (Phi) is 6.23. The fourth-order valence-electron chi connectivity index (χ4n) is 3.87. The van der Waals surface area contributed by atoms with Gasteiger partial charge >= 0.3 is 12.1 Å². The van der Waals surface area contributed by atoms with Crippen LogP contribution in [-0.4, -0.2) is 42.5 Å². The normalized spacial score (nSPS) is 14.0. The Labute approximate surface area is 170 Å². The summed E-state index contributed by atoms with van der Waals surface area (Å²) in [5.41, 5.74) is 4.01. The predicted molar refractivity (Wildman–Crippen MR) is 110 cm³/mol. The number of benzene rings is 2. The number of carbonyl (C=O) groups is 2. The molecule has 0 saturated heterocycles. The summed E-state index contributed by atoms with van der Waals surface area (Å²) in [6.07, 6.45) is -0.457. The maximum atomic E-state index is 12.4. The number of hydrogen-bond acceptors (Lipinski definition) is 4. The molecule has 2 aromatic carbocycles. The Hall–Kier alpha value is -2.86. The van der Waals surface area contributed by atoms with Crippen LogP contribution in [0.4, 0.5) is 4.79 Å². The Bertz CT molecular complexity index is 847. The number of ether oxygens (including phenoxy) is 2. The van der Waals surface area contributed by atoms with E-state index in [4.69, 9.17) is 14.6 Å². The van der Waals surface area contributed by atoms with Crippen LogP contribution in [0.2, 0.25) is 0 Å². The maximum Gasteiger partial charge on any atom is 0.407 e. The highest BCUT2D eigenvalue weighted by Gasteiger charge is 2.30. The molecule has 1 unspecified atom stereocenters. The van der Waals surface area contributed by atoms with Gasteiger partial charge < -0.3 is 19.9 Å². The number of hydrogen-bond donors (Lipinski definition) is 2. The van der Waals surface area contributed by atoms with E-state index < -0.39 is 23.7 Å². The first-order valence-corrected chi connectivity index (χ1v) is 9.69. The van der Waals surface area contributed by atoms with E-state index in [9.17, 15) is 9.59 Å². The van der Waals surface area contributed by atoms with Gasteiger partial charge in [0, 0.05) is 19.1 Å². The molecule has 0 fully saturated rings. The molecule has 2 aromatic rings. The highest BCUT2D eigenvalue weighted by Crippen LogP contribution is 2.44. The molecule has 0 heterocycles. The number of carbonyl (C=O) groups excluding carboxylic acids is 1. The lowest BCUT2D eigenvalue weighted by Crippen LogP contribution is -2.42. The van der Waals surface area contributed by atoms with Crippen LogP contribution in [0, 0.1) is 0 Å². The van der Waals surface area contributed by atoms with Crippen molar-refractivity contribution in [2.45, 2.75) is 44.2 Å². The van der Waals surface area contributed by atoms with Gasteiger partial charge in [0.2, 0.25) is 0 Å². The van der Waals surface area contributed by atoms with Gasteiger partial charge in [-0.05, 0) is 42.5 Å². The second-order valence-corrected chi connectivity index (χ2v) is 7.93. The van der Waals surface area contributed by atoms with Crippen molar-refractivity contribution in [3.63, 3.8) is 0 Å². The SMILES string of the molecule is COC(C)(C)CC(CC(=O)O)NC(=O)OCC1c2ccccc2-c2ccccc21. The Morgan fingerprint density at radius 3 is 2.14 bits per heavy atom. The molecule has 154 valence electrons. The number of rotatable bonds is 8. The van der Waals surface area contributed by atoms with Crippen LogP contribution in [0.25, 0.3) is 11.1 Å². The first-order chi connectivity index (χ1) is 13.8. The van der Waals surface area contributed by atoms with Crippen LogP contribution in [0.1, 0.15) is 43.7 Å². The number of alkyl carbamates (subject to hydrolysis) is 1. The summed E-state index contributed by atoms with van der Waals surface area (Å²) in [4.78, 5) is 23.6. The first-order valence-electron chi connectivity index (χ1n) is 9.69. The fraction of sp³-hybridized carbons (Fsp3) is 0.391. The van der Waals surface area contributed by atoms with E-state index in [1.807, 2.05) is 38.1 Å². The van der Waals surface area contributed by atoms with Gasteiger partial charge in [-0.2, -0.15) is 0 Å². The molecule has 29 heavy (non-hydrogen) atoms. The molecule has 6 nitrogen and oxygen atoms in total. The minimum atomic E-state index is -0.985. The lowest BCUT2D eigenvalue weighted by atomic mass is 9.97. The van der Waals surface area contributed by atoms with E-state index in [0.717, 1.165) is 22.3 Å². The first kappa shape index (κ1) is 20.9. The molecule has 0 spiro atoms. The van der Waals surface area contributed by atoms with Crippen molar-refractivity contribution in [1.29, 1.82) is 0 Å². The van der Waals surface area contributed by atoms with Crippen LogP contribution in [0.3, 0.4) is 0 Å². The van der Waals surface area contributed by atoms with Gasteiger partial charge in [-0.1, -0.05) is 48.5 Å². The van der Waals surface area contributed by atoms with E-state index >= 15 is 0 Å². The third kappa shape index (κ3) is 4.95. The minimum Gasteiger partial charge on any atom is -0.481 e. The number of fused-ring (bicyclic) bond motifs is 3. The molecule has 1 amide bonds. The number of aliphatic carboxylic acids is 1. The predicted octanol–water partition coefficient (Wildman–Crippen LogP) is 4.18. The maximum absolute atomic E-state index is 12.4. The van der Waals surface area contributed by atoms with Crippen molar-refractivity contribution in [3.05, 3.63) is 59.7 Å². The molecule has 1 aliphatic carbocycles. The lowest BCUT2D eigenvalue weighted by Gasteiger charge is -2.28. The monoisotopic (exact) mass is 397 g/mol. The van der Waals surface area contributed by atoms with E-state index in [2.05, 4.69) is 29.6 Å². The zero-order valence-electron chi connectivity index (χ0n) is 17.0. The number of methoxy groups -OCH3 is 1.